The number of halogens is 2. The van der Waals surface area contributed by atoms with Crippen molar-refractivity contribution >= 4 is 11.6 Å². The van der Waals surface area contributed by atoms with Gasteiger partial charge in [0.05, 0.1) is 24.7 Å². The number of nitrogens with one attached hydrogen (secondary N) is 1. The SMILES string of the molecule is COc1cc(-c2cnc3cc(C(C)(C)O)ncn23)cc(OC(F)F)c1C(=O)NC1CC1. The lowest BCUT2D eigenvalue weighted by Gasteiger charge is -2.17. The van der Waals surface area contributed by atoms with Crippen LogP contribution in [0.1, 0.15) is 42.7 Å². The summed E-state index contributed by atoms with van der Waals surface area (Å²) in [5.74, 6) is -0.725. The zero-order valence-corrected chi connectivity index (χ0v) is 17.2. The molecule has 1 aliphatic carbocycles. The number of hydrogen-bond acceptors (Lipinski definition) is 6. The molecule has 0 atom stereocenters. The quantitative estimate of drug-likeness (QED) is 0.595. The summed E-state index contributed by atoms with van der Waals surface area (Å²) in [6.07, 6.45) is 4.71. The molecule has 164 valence electrons. The van der Waals surface area contributed by atoms with E-state index in [0.717, 1.165) is 12.8 Å². The van der Waals surface area contributed by atoms with E-state index >= 15 is 0 Å². The Morgan fingerprint density at radius 2 is 1.97 bits per heavy atom. The highest BCUT2D eigenvalue weighted by molar-refractivity contribution is 6.01. The van der Waals surface area contributed by atoms with Gasteiger partial charge in [-0.15, -0.1) is 0 Å². The zero-order valence-electron chi connectivity index (χ0n) is 17.2. The van der Waals surface area contributed by atoms with Crippen LogP contribution in [0.4, 0.5) is 8.78 Å². The molecule has 10 heteroatoms. The van der Waals surface area contributed by atoms with E-state index in [1.807, 2.05) is 0 Å². The number of methoxy groups -OCH3 is 1. The molecule has 2 aromatic heterocycles. The van der Waals surface area contributed by atoms with Gasteiger partial charge < -0.3 is 19.9 Å². The number of amides is 1. The van der Waals surface area contributed by atoms with Crippen LogP contribution in [0.25, 0.3) is 16.9 Å². The molecule has 0 saturated heterocycles. The lowest BCUT2D eigenvalue weighted by atomic mass is 10.1. The van der Waals surface area contributed by atoms with Gasteiger partial charge in [0.2, 0.25) is 0 Å². The highest BCUT2D eigenvalue weighted by Gasteiger charge is 2.29. The van der Waals surface area contributed by atoms with Crippen molar-refractivity contribution in [1.82, 2.24) is 19.7 Å². The van der Waals surface area contributed by atoms with Crippen LogP contribution in [0.5, 0.6) is 11.5 Å². The minimum Gasteiger partial charge on any atom is -0.496 e. The Bertz CT molecular complexity index is 1140. The van der Waals surface area contributed by atoms with E-state index in [9.17, 15) is 18.7 Å². The maximum atomic E-state index is 13.1. The van der Waals surface area contributed by atoms with Crippen molar-refractivity contribution in [2.75, 3.05) is 7.11 Å². The van der Waals surface area contributed by atoms with Crippen molar-refractivity contribution < 1.29 is 28.2 Å². The van der Waals surface area contributed by atoms with Gasteiger partial charge >= 0.3 is 6.61 Å². The predicted molar refractivity (Wildman–Crippen MR) is 107 cm³/mol. The average Bonchev–Trinajstić information content (AvgIpc) is 3.40. The lowest BCUT2D eigenvalue weighted by molar-refractivity contribution is -0.0502. The molecule has 1 fully saturated rings. The Kier molecular flexibility index (Phi) is 5.26. The number of benzene rings is 1. The standard InChI is InChI=1S/C21H22F2N4O4/c1-21(2,29)16-8-17-24-9-13(27(17)10-25-16)11-6-14(30-3)18(15(7-11)31-20(22)23)19(28)26-12-4-5-12/h6-10,12,20,29H,4-5H2,1-3H3,(H,26,28). The number of ether oxygens (including phenoxy) is 2. The van der Waals surface area contributed by atoms with Gasteiger partial charge in [-0.3, -0.25) is 9.20 Å². The Labute approximate surface area is 176 Å². The van der Waals surface area contributed by atoms with Crippen molar-refractivity contribution in [1.29, 1.82) is 0 Å². The van der Waals surface area contributed by atoms with E-state index in [1.165, 1.54) is 25.7 Å². The molecule has 3 aromatic rings. The van der Waals surface area contributed by atoms with Gasteiger partial charge in [-0.2, -0.15) is 8.78 Å². The third-order valence-corrected chi connectivity index (χ3v) is 4.97. The molecular formula is C21H22F2N4O4. The number of imidazole rings is 1. The van der Waals surface area contributed by atoms with Crippen LogP contribution in [0, 0.1) is 0 Å². The first-order valence-corrected chi connectivity index (χ1v) is 9.71. The minimum absolute atomic E-state index is 0.0334. The van der Waals surface area contributed by atoms with Gasteiger partial charge in [0.1, 0.15) is 34.6 Å². The van der Waals surface area contributed by atoms with E-state index in [0.29, 0.717) is 22.6 Å². The van der Waals surface area contributed by atoms with E-state index in [4.69, 9.17) is 4.74 Å². The molecule has 0 radical (unpaired) electrons. The van der Waals surface area contributed by atoms with E-state index in [-0.39, 0.29) is 23.1 Å². The Hall–Kier alpha value is -3.27. The molecule has 2 heterocycles. The molecule has 0 bridgehead atoms. The smallest absolute Gasteiger partial charge is 0.387 e. The van der Waals surface area contributed by atoms with Crippen LogP contribution in [0.15, 0.2) is 30.7 Å². The van der Waals surface area contributed by atoms with Crippen LogP contribution in [0.3, 0.4) is 0 Å². The Morgan fingerprint density at radius 3 is 2.58 bits per heavy atom. The highest BCUT2D eigenvalue weighted by atomic mass is 19.3. The van der Waals surface area contributed by atoms with Crippen molar-refractivity contribution in [2.45, 2.75) is 44.9 Å². The molecule has 31 heavy (non-hydrogen) atoms. The first kappa shape index (κ1) is 21.0. The van der Waals surface area contributed by atoms with Crippen molar-refractivity contribution in [3.8, 4) is 22.8 Å². The fraction of sp³-hybridized carbons (Fsp3) is 0.381. The summed E-state index contributed by atoms with van der Waals surface area (Å²) in [5, 5.41) is 12.9. The van der Waals surface area contributed by atoms with E-state index in [1.54, 1.807) is 30.4 Å². The number of hydrogen-bond donors (Lipinski definition) is 2. The number of aliphatic hydroxyl groups is 1. The summed E-state index contributed by atoms with van der Waals surface area (Å²) in [7, 11) is 1.35. The second-order valence-corrected chi connectivity index (χ2v) is 7.88. The first-order valence-electron chi connectivity index (χ1n) is 9.71. The van der Waals surface area contributed by atoms with Crippen LogP contribution in [-0.2, 0) is 5.60 Å². The number of nitrogens with zero attached hydrogens (tertiary/aromatic N) is 3. The monoisotopic (exact) mass is 432 g/mol. The number of carbonyl (C=O) groups is 1. The lowest BCUT2D eigenvalue weighted by Crippen LogP contribution is -2.26. The largest absolute Gasteiger partial charge is 0.496 e. The second kappa shape index (κ2) is 7.77. The zero-order chi connectivity index (χ0) is 22.3. The fourth-order valence-electron chi connectivity index (χ4n) is 3.23. The molecular weight excluding hydrogens is 410 g/mol. The number of carbonyl (C=O) groups excluding carboxylic acids is 1. The molecule has 4 rings (SSSR count). The molecule has 1 amide bonds. The molecule has 0 aliphatic heterocycles. The maximum absolute atomic E-state index is 13.1. The van der Waals surface area contributed by atoms with E-state index in [2.05, 4.69) is 20.0 Å². The Morgan fingerprint density at radius 1 is 1.26 bits per heavy atom. The number of aromatic nitrogens is 3. The summed E-state index contributed by atoms with van der Waals surface area (Å²) in [6, 6.07) is 4.58. The summed E-state index contributed by atoms with van der Waals surface area (Å²) in [4.78, 5) is 21.2. The molecule has 1 aromatic carbocycles. The summed E-state index contributed by atoms with van der Waals surface area (Å²) in [6.45, 7) is 0.102. The predicted octanol–water partition coefficient (Wildman–Crippen LogP) is 3.13. The summed E-state index contributed by atoms with van der Waals surface area (Å²) in [5.41, 5.74) is 0.676. The minimum atomic E-state index is -3.12. The fourth-order valence-corrected chi connectivity index (χ4v) is 3.23. The van der Waals surface area contributed by atoms with Gasteiger partial charge in [-0.1, -0.05) is 0 Å². The number of alkyl halides is 2. The first-order chi connectivity index (χ1) is 14.7. The number of rotatable bonds is 7. The van der Waals surface area contributed by atoms with Gasteiger partial charge in [0.25, 0.3) is 5.91 Å². The molecule has 1 saturated carbocycles. The van der Waals surface area contributed by atoms with E-state index < -0.39 is 18.1 Å². The summed E-state index contributed by atoms with van der Waals surface area (Å²) >= 11 is 0. The van der Waals surface area contributed by atoms with Crippen LogP contribution in [0.2, 0.25) is 0 Å². The maximum Gasteiger partial charge on any atom is 0.387 e. The van der Waals surface area contributed by atoms with Gasteiger partial charge in [0, 0.05) is 17.7 Å². The van der Waals surface area contributed by atoms with Crippen molar-refractivity contribution in [3.05, 3.63) is 42.0 Å². The topological polar surface area (TPSA) is 98.0 Å². The van der Waals surface area contributed by atoms with Crippen LogP contribution < -0.4 is 14.8 Å². The third-order valence-electron chi connectivity index (χ3n) is 4.97. The normalized spacial score (nSPS) is 14.2. The third kappa shape index (κ3) is 4.29. The second-order valence-electron chi connectivity index (χ2n) is 7.88. The molecule has 0 spiro atoms. The highest BCUT2D eigenvalue weighted by Crippen LogP contribution is 2.37. The van der Waals surface area contributed by atoms with Crippen molar-refractivity contribution in [2.24, 2.45) is 0 Å². The van der Waals surface area contributed by atoms with Gasteiger partial charge in [-0.25, -0.2) is 9.97 Å². The van der Waals surface area contributed by atoms with Gasteiger partial charge in [-0.05, 0) is 38.8 Å². The molecule has 2 N–H and O–H groups in total. The van der Waals surface area contributed by atoms with Crippen LogP contribution >= 0.6 is 0 Å². The Balaban J connectivity index is 1.82. The molecule has 0 unspecified atom stereocenters. The van der Waals surface area contributed by atoms with Crippen molar-refractivity contribution in [3.63, 3.8) is 0 Å². The molecule has 8 nitrogen and oxygen atoms in total. The summed E-state index contributed by atoms with van der Waals surface area (Å²) < 4.78 is 37.9. The number of fused-ring (bicyclic) bond motifs is 1. The molecule has 1 aliphatic rings. The van der Waals surface area contributed by atoms with Crippen LogP contribution in [-0.4, -0.2) is 45.1 Å². The average molecular weight is 432 g/mol. The van der Waals surface area contributed by atoms with Gasteiger partial charge in [0.15, 0.2) is 0 Å².